The maximum atomic E-state index is 12.7. The van der Waals surface area contributed by atoms with Crippen LogP contribution in [0.3, 0.4) is 0 Å². The minimum absolute atomic E-state index is 0.0134. The number of likely N-dealkylation sites (tertiary alicyclic amines) is 1. The number of aliphatic carboxylic acids is 1. The fraction of sp³-hybridized carbons (Fsp3) is 0.417. The van der Waals surface area contributed by atoms with Gasteiger partial charge >= 0.3 is 5.97 Å². The van der Waals surface area contributed by atoms with Gasteiger partial charge in [-0.2, -0.15) is 0 Å². The zero-order valence-electron chi connectivity index (χ0n) is 16.5. The quantitative estimate of drug-likeness (QED) is 0.760. The summed E-state index contributed by atoms with van der Waals surface area (Å²) in [7, 11) is 0. The first-order chi connectivity index (χ1) is 14.1. The summed E-state index contributed by atoms with van der Waals surface area (Å²) < 4.78 is 0. The molecular weight excluding hydrogens is 364 g/mol. The molecule has 1 amide bonds. The minimum atomic E-state index is -0.810. The zero-order chi connectivity index (χ0) is 20.2. The Morgan fingerprint density at radius 1 is 0.931 bits per heavy atom. The first-order valence-electron chi connectivity index (χ1n) is 10.5. The van der Waals surface area contributed by atoms with Crippen LogP contribution in [0.15, 0.2) is 60.7 Å². The molecular formula is C24H28N2O3. The van der Waals surface area contributed by atoms with Crippen molar-refractivity contribution in [2.24, 2.45) is 11.8 Å². The molecule has 0 unspecified atom stereocenters. The molecule has 29 heavy (non-hydrogen) atoms. The van der Waals surface area contributed by atoms with Crippen molar-refractivity contribution in [3.63, 3.8) is 0 Å². The lowest BCUT2D eigenvalue weighted by Crippen LogP contribution is -2.49. The summed E-state index contributed by atoms with van der Waals surface area (Å²) in [5.41, 5.74) is 2.41. The van der Waals surface area contributed by atoms with Crippen LogP contribution in [0, 0.1) is 11.8 Å². The molecule has 152 valence electrons. The van der Waals surface area contributed by atoms with Gasteiger partial charge in [0, 0.05) is 31.6 Å². The van der Waals surface area contributed by atoms with E-state index in [-0.39, 0.29) is 17.7 Å². The predicted molar refractivity (Wildman–Crippen MR) is 112 cm³/mol. The summed E-state index contributed by atoms with van der Waals surface area (Å²) in [5, 5.41) is 12.7. The Bertz CT molecular complexity index is 796. The molecule has 2 aromatic carbocycles. The number of carbonyl (C=O) groups is 2. The third-order valence-electron chi connectivity index (χ3n) is 6.01. The number of hydrogen-bond acceptors (Lipinski definition) is 3. The van der Waals surface area contributed by atoms with Crippen molar-refractivity contribution >= 4 is 11.9 Å². The molecule has 1 saturated heterocycles. The molecule has 0 spiro atoms. The molecule has 5 nitrogen and oxygen atoms in total. The molecule has 2 N–H and O–H groups in total. The van der Waals surface area contributed by atoms with Gasteiger partial charge in [0.1, 0.15) is 0 Å². The second-order valence-corrected chi connectivity index (χ2v) is 8.34. The maximum absolute atomic E-state index is 12.7. The van der Waals surface area contributed by atoms with E-state index in [1.54, 1.807) is 0 Å². The SMILES string of the molecule is O=C(O)[C@H]1C[C@@H](C(=O)NC2CC2)CN(CC(c2ccccc2)c2ccccc2)C1. The highest BCUT2D eigenvalue weighted by Crippen LogP contribution is 2.30. The molecule has 1 heterocycles. The highest BCUT2D eigenvalue weighted by atomic mass is 16.4. The lowest BCUT2D eigenvalue weighted by atomic mass is 9.85. The van der Waals surface area contributed by atoms with E-state index < -0.39 is 11.9 Å². The molecule has 0 radical (unpaired) electrons. The fourth-order valence-corrected chi connectivity index (χ4v) is 4.29. The van der Waals surface area contributed by atoms with Gasteiger partial charge in [-0.05, 0) is 30.4 Å². The number of carboxylic acid groups (broad SMARTS) is 1. The molecule has 2 aliphatic rings. The van der Waals surface area contributed by atoms with Crippen LogP contribution < -0.4 is 5.32 Å². The largest absolute Gasteiger partial charge is 0.481 e. The van der Waals surface area contributed by atoms with Crippen LogP contribution >= 0.6 is 0 Å². The van der Waals surface area contributed by atoms with Crippen LogP contribution in [0.25, 0.3) is 0 Å². The van der Waals surface area contributed by atoms with Crippen LogP contribution in [-0.4, -0.2) is 47.6 Å². The van der Waals surface area contributed by atoms with Crippen LogP contribution in [0.1, 0.15) is 36.3 Å². The molecule has 5 heteroatoms. The Labute approximate surface area is 171 Å². The molecule has 1 saturated carbocycles. The van der Waals surface area contributed by atoms with Gasteiger partial charge < -0.3 is 15.3 Å². The third-order valence-corrected chi connectivity index (χ3v) is 6.01. The summed E-state index contributed by atoms with van der Waals surface area (Å²) in [4.78, 5) is 26.6. The number of carbonyl (C=O) groups excluding carboxylic acids is 1. The molecule has 0 aromatic heterocycles. The van der Waals surface area contributed by atoms with Crippen LogP contribution in [0.5, 0.6) is 0 Å². The number of piperidine rings is 1. The first kappa shape index (κ1) is 19.6. The van der Waals surface area contributed by atoms with E-state index in [9.17, 15) is 14.7 Å². The van der Waals surface area contributed by atoms with E-state index in [0.717, 1.165) is 12.8 Å². The summed E-state index contributed by atoms with van der Waals surface area (Å²) in [6.45, 7) is 1.79. The molecule has 0 bridgehead atoms. The van der Waals surface area contributed by atoms with Gasteiger partial charge in [-0.15, -0.1) is 0 Å². The maximum Gasteiger partial charge on any atom is 0.307 e. The van der Waals surface area contributed by atoms with Crippen molar-refractivity contribution in [2.45, 2.75) is 31.2 Å². The van der Waals surface area contributed by atoms with Crippen molar-refractivity contribution in [1.82, 2.24) is 10.2 Å². The van der Waals surface area contributed by atoms with Gasteiger partial charge in [-0.1, -0.05) is 60.7 Å². The lowest BCUT2D eigenvalue weighted by molar-refractivity contribution is -0.145. The van der Waals surface area contributed by atoms with Gasteiger partial charge in [0.15, 0.2) is 0 Å². The molecule has 2 aromatic rings. The topological polar surface area (TPSA) is 69.6 Å². The van der Waals surface area contributed by atoms with Gasteiger partial charge in [0.05, 0.1) is 11.8 Å². The predicted octanol–water partition coefficient (Wildman–Crippen LogP) is 3.12. The standard InChI is InChI=1S/C24H28N2O3/c27-23(25-21-11-12-21)19-13-20(24(28)29)15-26(14-19)16-22(17-7-3-1-4-8-17)18-9-5-2-6-10-18/h1-10,19-22H,11-16H2,(H,25,27)(H,28,29)/t19-,20+/m1/s1. The van der Waals surface area contributed by atoms with Gasteiger partial charge in [-0.3, -0.25) is 9.59 Å². The third kappa shape index (κ3) is 5.04. The monoisotopic (exact) mass is 392 g/mol. The number of carboxylic acids is 1. The van der Waals surface area contributed by atoms with Crippen LogP contribution in [0.4, 0.5) is 0 Å². The summed E-state index contributed by atoms with van der Waals surface area (Å²) in [6.07, 6.45) is 2.50. The number of amides is 1. The molecule has 2 atom stereocenters. The number of hydrogen-bond donors (Lipinski definition) is 2. The van der Waals surface area contributed by atoms with E-state index in [1.165, 1.54) is 11.1 Å². The summed E-state index contributed by atoms with van der Waals surface area (Å²) in [6, 6.07) is 20.9. The molecule has 4 rings (SSSR count). The summed E-state index contributed by atoms with van der Waals surface area (Å²) in [5.74, 6) is -1.44. The van der Waals surface area contributed by atoms with Crippen molar-refractivity contribution in [3.8, 4) is 0 Å². The lowest BCUT2D eigenvalue weighted by Gasteiger charge is -2.37. The molecule has 1 aliphatic heterocycles. The van der Waals surface area contributed by atoms with Crippen molar-refractivity contribution in [2.75, 3.05) is 19.6 Å². The van der Waals surface area contributed by atoms with E-state index in [1.807, 2.05) is 36.4 Å². The zero-order valence-corrected chi connectivity index (χ0v) is 16.5. The van der Waals surface area contributed by atoms with E-state index in [2.05, 4.69) is 34.5 Å². The summed E-state index contributed by atoms with van der Waals surface area (Å²) >= 11 is 0. The Morgan fingerprint density at radius 2 is 1.48 bits per heavy atom. The number of nitrogens with zero attached hydrogens (tertiary/aromatic N) is 1. The van der Waals surface area contributed by atoms with E-state index in [4.69, 9.17) is 0 Å². The van der Waals surface area contributed by atoms with Crippen LogP contribution in [-0.2, 0) is 9.59 Å². The second kappa shape index (κ2) is 8.78. The second-order valence-electron chi connectivity index (χ2n) is 8.34. The first-order valence-corrected chi connectivity index (χ1v) is 10.5. The molecule has 1 aliphatic carbocycles. The average molecular weight is 392 g/mol. The molecule has 2 fully saturated rings. The number of benzene rings is 2. The van der Waals surface area contributed by atoms with Gasteiger partial charge in [0.2, 0.25) is 5.91 Å². The Hall–Kier alpha value is -2.66. The van der Waals surface area contributed by atoms with E-state index in [0.29, 0.717) is 32.1 Å². The highest BCUT2D eigenvalue weighted by molar-refractivity contribution is 5.81. The van der Waals surface area contributed by atoms with Crippen molar-refractivity contribution in [3.05, 3.63) is 71.8 Å². The Kier molecular flexibility index (Phi) is 5.95. The Balaban J connectivity index is 1.54. The van der Waals surface area contributed by atoms with E-state index >= 15 is 0 Å². The average Bonchev–Trinajstić information content (AvgIpc) is 3.57. The van der Waals surface area contributed by atoms with Gasteiger partial charge in [0.25, 0.3) is 0 Å². The van der Waals surface area contributed by atoms with Crippen LogP contribution in [0.2, 0.25) is 0 Å². The smallest absolute Gasteiger partial charge is 0.307 e. The number of rotatable bonds is 7. The fourth-order valence-electron chi connectivity index (χ4n) is 4.29. The Morgan fingerprint density at radius 3 is 2.00 bits per heavy atom. The van der Waals surface area contributed by atoms with Crippen molar-refractivity contribution in [1.29, 1.82) is 0 Å². The minimum Gasteiger partial charge on any atom is -0.481 e. The van der Waals surface area contributed by atoms with Gasteiger partial charge in [-0.25, -0.2) is 0 Å². The highest BCUT2D eigenvalue weighted by Gasteiger charge is 2.37. The normalized spacial score (nSPS) is 22.4. The number of nitrogens with one attached hydrogen (secondary N) is 1. The van der Waals surface area contributed by atoms with Crippen molar-refractivity contribution < 1.29 is 14.7 Å².